The Kier molecular flexibility index (Phi) is 4.98. The van der Waals surface area contributed by atoms with E-state index in [9.17, 15) is 5.11 Å². The summed E-state index contributed by atoms with van der Waals surface area (Å²) in [5.74, 6) is 0.425. The third-order valence-corrected chi connectivity index (χ3v) is 5.36. The molecule has 0 bridgehead atoms. The molecule has 0 heterocycles. The number of benzene rings is 2. The van der Waals surface area contributed by atoms with Crippen LogP contribution in [0.25, 0.3) is 0 Å². The molecule has 1 aliphatic carbocycles. The molecule has 2 nitrogen and oxygen atoms in total. The van der Waals surface area contributed by atoms with Crippen molar-refractivity contribution in [2.45, 2.75) is 18.4 Å². The number of aliphatic hydroxyl groups is 1. The first-order valence-corrected chi connectivity index (χ1v) is 8.59. The minimum atomic E-state index is -0.423. The minimum absolute atomic E-state index is 0.194. The summed E-state index contributed by atoms with van der Waals surface area (Å²) in [5, 5.41) is 11.9. The Hall–Kier alpha value is -1.06. The summed E-state index contributed by atoms with van der Waals surface area (Å²) < 4.78 is 0. The number of nitrogens with zero attached hydrogens (tertiary/aromatic N) is 1. The highest BCUT2D eigenvalue weighted by molar-refractivity contribution is 6.42. The molecule has 0 saturated heterocycles. The van der Waals surface area contributed by atoms with E-state index in [2.05, 4.69) is 11.0 Å². The first kappa shape index (κ1) is 16.8. The average molecular weight is 350 g/mol. The lowest BCUT2D eigenvalue weighted by atomic mass is 9.72. The largest absolute Gasteiger partial charge is 0.388 e. The van der Waals surface area contributed by atoms with Gasteiger partial charge in [-0.1, -0.05) is 53.5 Å². The van der Waals surface area contributed by atoms with Gasteiger partial charge in [-0.25, -0.2) is 0 Å². The van der Waals surface area contributed by atoms with Gasteiger partial charge >= 0.3 is 0 Å². The standard InChI is InChI=1S/C19H21Cl2NO/c1-22(2)11-13-9-16(12-7-8-17(20)18(21)10-12)14-5-3-4-6-15(14)19(13)23/h3-8,10,13,16,19,23H,9,11H2,1-2H3. The van der Waals surface area contributed by atoms with Crippen molar-refractivity contribution in [1.29, 1.82) is 0 Å². The molecule has 0 radical (unpaired) electrons. The van der Waals surface area contributed by atoms with Crippen LogP contribution in [-0.4, -0.2) is 30.6 Å². The van der Waals surface area contributed by atoms with Crippen LogP contribution in [0.2, 0.25) is 10.0 Å². The highest BCUT2D eigenvalue weighted by atomic mass is 35.5. The van der Waals surface area contributed by atoms with Crippen molar-refractivity contribution < 1.29 is 5.11 Å². The first-order valence-electron chi connectivity index (χ1n) is 7.84. The molecule has 3 rings (SSSR count). The zero-order valence-electron chi connectivity index (χ0n) is 13.3. The molecule has 4 heteroatoms. The predicted molar refractivity (Wildman–Crippen MR) is 96.4 cm³/mol. The summed E-state index contributed by atoms with van der Waals surface area (Å²) in [7, 11) is 4.09. The van der Waals surface area contributed by atoms with Crippen LogP contribution in [0.1, 0.15) is 35.1 Å². The topological polar surface area (TPSA) is 23.5 Å². The molecule has 0 aromatic heterocycles. The van der Waals surface area contributed by atoms with Gasteiger partial charge in [0.05, 0.1) is 16.1 Å². The van der Waals surface area contributed by atoms with Gasteiger partial charge in [-0.2, -0.15) is 0 Å². The second kappa shape index (κ2) is 6.82. The van der Waals surface area contributed by atoms with Gasteiger partial charge in [0, 0.05) is 18.4 Å². The van der Waals surface area contributed by atoms with E-state index in [0.29, 0.717) is 10.0 Å². The predicted octanol–water partition coefficient (Wildman–Crippen LogP) is 4.74. The molecule has 0 saturated carbocycles. The van der Waals surface area contributed by atoms with Crippen LogP contribution in [0.5, 0.6) is 0 Å². The molecular formula is C19H21Cl2NO. The van der Waals surface area contributed by atoms with Gasteiger partial charge in [-0.05, 0) is 49.3 Å². The summed E-state index contributed by atoms with van der Waals surface area (Å²) >= 11 is 12.3. The smallest absolute Gasteiger partial charge is 0.0833 e. The fourth-order valence-electron chi connectivity index (χ4n) is 3.60. The minimum Gasteiger partial charge on any atom is -0.388 e. The van der Waals surface area contributed by atoms with Gasteiger partial charge in [-0.15, -0.1) is 0 Å². The molecule has 2 aromatic rings. The molecule has 3 unspecified atom stereocenters. The Morgan fingerprint density at radius 1 is 1.04 bits per heavy atom. The molecule has 3 atom stereocenters. The fourth-order valence-corrected chi connectivity index (χ4v) is 3.90. The SMILES string of the molecule is CN(C)CC1CC(c2ccc(Cl)c(Cl)c2)c2ccccc2C1O. The fraction of sp³-hybridized carbons (Fsp3) is 0.368. The Bertz CT molecular complexity index is 702. The maximum atomic E-state index is 10.8. The Morgan fingerprint density at radius 3 is 2.39 bits per heavy atom. The summed E-state index contributed by atoms with van der Waals surface area (Å²) in [6, 6.07) is 14.0. The van der Waals surface area contributed by atoms with Gasteiger partial charge < -0.3 is 10.0 Å². The second-order valence-corrected chi connectivity index (χ2v) is 7.37. The molecule has 23 heavy (non-hydrogen) atoms. The highest BCUT2D eigenvalue weighted by Gasteiger charge is 2.34. The summed E-state index contributed by atoms with van der Waals surface area (Å²) in [4.78, 5) is 2.13. The van der Waals surface area contributed by atoms with Crippen LogP contribution in [0.4, 0.5) is 0 Å². The first-order chi connectivity index (χ1) is 11.0. The van der Waals surface area contributed by atoms with Gasteiger partial charge in [-0.3, -0.25) is 0 Å². The van der Waals surface area contributed by atoms with E-state index in [1.54, 1.807) is 0 Å². The molecule has 1 aliphatic rings. The van der Waals surface area contributed by atoms with Crippen LogP contribution >= 0.6 is 23.2 Å². The van der Waals surface area contributed by atoms with Crippen molar-refractivity contribution in [2.75, 3.05) is 20.6 Å². The molecular weight excluding hydrogens is 329 g/mol. The van der Waals surface area contributed by atoms with E-state index in [1.165, 1.54) is 5.56 Å². The van der Waals surface area contributed by atoms with Gasteiger partial charge in [0.1, 0.15) is 0 Å². The highest BCUT2D eigenvalue weighted by Crippen LogP contribution is 2.45. The van der Waals surface area contributed by atoms with Crippen molar-refractivity contribution in [3.63, 3.8) is 0 Å². The third-order valence-electron chi connectivity index (χ3n) is 4.62. The van der Waals surface area contributed by atoms with E-state index in [1.807, 2.05) is 50.5 Å². The summed E-state index contributed by atoms with van der Waals surface area (Å²) in [6.07, 6.45) is 0.474. The van der Waals surface area contributed by atoms with E-state index < -0.39 is 6.10 Å². The number of hydrogen-bond donors (Lipinski definition) is 1. The zero-order chi connectivity index (χ0) is 16.6. The monoisotopic (exact) mass is 349 g/mol. The van der Waals surface area contributed by atoms with Crippen LogP contribution in [-0.2, 0) is 0 Å². The average Bonchev–Trinajstić information content (AvgIpc) is 2.52. The normalized spacial score (nSPS) is 23.8. The van der Waals surface area contributed by atoms with Gasteiger partial charge in [0.2, 0.25) is 0 Å². The molecule has 1 N–H and O–H groups in total. The lowest BCUT2D eigenvalue weighted by Crippen LogP contribution is -2.32. The zero-order valence-corrected chi connectivity index (χ0v) is 14.8. The number of rotatable bonds is 3. The Balaban J connectivity index is 2.04. The summed E-state index contributed by atoms with van der Waals surface area (Å²) in [5.41, 5.74) is 3.37. The van der Waals surface area contributed by atoms with E-state index >= 15 is 0 Å². The van der Waals surface area contributed by atoms with E-state index in [0.717, 1.165) is 24.1 Å². The quantitative estimate of drug-likeness (QED) is 0.864. The lowest BCUT2D eigenvalue weighted by Gasteiger charge is -2.37. The van der Waals surface area contributed by atoms with Crippen LogP contribution in [0, 0.1) is 5.92 Å². The number of halogens is 2. The Morgan fingerprint density at radius 2 is 1.74 bits per heavy atom. The third kappa shape index (κ3) is 3.41. The Labute approximate surface area is 147 Å². The second-order valence-electron chi connectivity index (χ2n) is 6.56. The maximum absolute atomic E-state index is 10.8. The van der Waals surface area contributed by atoms with Crippen molar-refractivity contribution in [1.82, 2.24) is 4.90 Å². The maximum Gasteiger partial charge on any atom is 0.0833 e. The summed E-state index contributed by atoms with van der Waals surface area (Å²) in [6.45, 7) is 0.854. The molecule has 122 valence electrons. The number of fused-ring (bicyclic) bond motifs is 1. The molecule has 0 aliphatic heterocycles. The van der Waals surface area contributed by atoms with E-state index in [-0.39, 0.29) is 11.8 Å². The van der Waals surface area contributed by atoms with Crippen molar-refractivity contribution in [3.8, 4) is 0 Å². The van der Waals surface area contributed by atoms with Gasteiger partial charge in [0.15, 0.2) is 0 Å². The van der Waals surface area contributed by atoms with Gasteiger partial charge in [0.25, 0.3) is 0 Å². The number of hydrogen-bond acceptors (Lipinski definition) is 2. The molecule has 0 fully saturated rings. The van der Waals surface area contributed by atoms with E-state index in [4.69, 9.17) is 23.2 Å². The van der Waals surface area contributed by atoms with Crippen molar-refractivity contribution in [3.05, 3.63) is 69.2 Å². The number of aliphatic hydroxyl groups excluding tert-OH is 1. The molecule has 0 amide bonds. The van der Waals surface area contributed by atoms with Crippen molar-refractivity contribution >= 4 is 23.2 Å². The van der Waals surface area contributed by atoms with Crippen LogP contribution in [0.15, 0.2) is 42.5 Å². The van der Waals surface area contributed by atoms with Crippen LogP contribution < -0.4 is 0 Å². The molecule has 0 spiro atoms. The van der Waals surface area contributed by atoms with Crippen molar-refractivity contribution in [2.24, 2.45) is 5.92 Å². The van der Waals surface area contributed by atoms with Crippen LogP contribution in [0.3, 0.4) is 0 Å². The lowest BCUT2D eigenvalue weighted by molar-refractivity contribution is 0.0727. The molecule has 2 aromatic carbocycles.